The Kier molecular flexibility index (Phi) is 8.15. The molecule has 0 N–H and O–H groups in total. The lowest BCUT2D eigenvalue weighted by molar-refractivity contribution is 0.0734. The average molecular weight is 549 g/mol. The molecule has 7 nitrogen and oxygen atoms in total. The smallest absolute Gasteiger partial charge is 0.347 e. The number of furan rings is 1. The van der Waals surface area contributed by atoms with Crippen LogP contribution in [0.4, 0.5) is 0 Å². The molecule has 0 radical (unpaired) electrons. The zero-order valence-electron chi connectivity index (χ0n) is 22.9. The van der Waals surface area contributed by atoms with Gasteiger partial charge in [-0.2, -0.15) is 0 Å². The zero-order chi connectivity index (χ0) is 28.8. The molecular weight excluding hydrogens is 520 g/mol. The summed E-state index contributed by atoms with van der Waals surface area (Å²) in [7, 11) is 3.12. The van der Waals surface area contributed by atoms with E-state index in [0.29, 0.717) is 57.5 Å². The van der Waals surface area contributed by atoms with E-state index < -0.39 is 5.97 Å². The molecular formula is C34H28O7. The number of aryl methyl sites for hydroxylation is 1. The molecule has 0 aliphatic rings. The molecule has 0 saturated carbocycles. The number of hydrogen-bond donors (Lipinski definition) is 0. The second kappa shape index (κ2) is 12.3. The molecule has 206 valence electrons. The number of ketones is 1. The highest BCUT2D eigenvalue weighted by molar-refractivity contribution is 6.07. The Bertz CT molecular complexity index is 1710. The van der Waals surface area contributed by atoms with Gasteiger partial charge in [-0.15, -0.1) is 0 Å². The van der Waals surface area contributed by atoms with Gasteiger partial charge in [0.05, 0.1) is 14.2 Å². The fourth-order valence-electron chi connectivity index (χ4n) is 4.35. The largest absolute Gasteiger partial charge is 0.493 e. The molecule has 0 fully saturated rings. The van der Waals surface area contributed by atoms with Gasteiger partial charge in [-0.3, -0.25) is 4.79 Å². The molecule has 5 rings (SSSR count). The van der Waals surface area contributed by atoms with Gasteiger partial charge >= 0.3 is 5.97 Å². The van der Waals surface area contributed by atoms with Gasteiger partial charge in [-0.05, 0) is 78.7 Å². The molecule has 1 heterocycles. The Balaban J connectivity index is 1.26. The Labute approximate surface area is 237 Å². The zero-order valence-corrected chi connectivity index (χ0v) is 22.9. The molecule has 0 unspecified atom stereocenters. The minimum absolute atomic E-state index is 0.197. The van der Waals surface area contributed by atoms with E-state index in [1.807, 2.05) is 36.4 Å². The van der Waals surface area contributed by atoms with Crippen LogP contribution in [0, 0.1) is 6.92 Å². The first-order valence-electron chi connectivity index (χ1n) is 12.9. The van der Waals surface area contributed by atoms with Crippen LogP contribution in [0.5, 0.6) is 23.0 Å². The summed E-state index contributed by atoms with van der Waals surface area (Å²) in [5.74, 6) is 1.78. The molecule has 0 bridgehead atoms. The highest BCUT2D eigenvalue weighted by Gasteiger charge is 2.21. The predicted molar refractivity (Wildman–Crippen MR) is 156 cm³/mol. The maximum absolute atomic E-state index is 13.2. The van der Waals surface area contributed by atoms with Crippen molar-refractivity contribution in [2.24, 2.45) is 0 Å². The lowest BCUT2D eigenvalue weighted by atomic mass is 10.1. The number of methoxy groups -OCH3 is 2. The van der Waals surface area contributed by atoms with Crippen molar-refractivity contribution in [3.8, 4) is 23.0 Å². The van der Waals surface area contributed by atoms with Gasteiger partial charge in [0.15, 0.2) is 17.3 Å². The number of rotatable bonds is 10. The van der Waals surface area contributed by atoms with Crippen LogP contribution >= 0.6 is 0 Å². The lowest BCUT2D eigenvalue weighted by Crippen LogP contribution is -2.09. The van der Waals surface area contributed by atoms with Crippen molar-refractivity contribution in [1.82, 2.24) is 0 Å². The van der Waals surface area contributed by atoms with Gasteiger partial charge in [0.2, 0.25) is 0 Å². The standard InChI is InChI=1S/C34H28O7/c1-22-33(28-20-27(15-18-30(28)40-22)39-21-24-7-5-4-6-8-24)34(36)41-26-13-11-25(12-14-26)29(35)16-9-23-10-17-31(37-2)32(19-23)38-3/h4-20H,21H2,1-3H3/b16-9+. The third-order valence-corrected chi connectivity index (χ3v) is 6.47. The van der Waals surface area contributed by atoms with E-state index >= 15 is 0 Å². The van der Waals surface area contributed by atoms with E-state index in [2.05, 4.69) is 0 Å². The van der Waals surface area contributed by atoms with Crippen LogP contribution < -0.4 is 18.9 Å². The summed E-state index contributed by atoms with van der Waals surface area (Å²) in [5.41, 5.74) is 3.16. The fraction of sp³-hybridized carbons (Fsp3) is 0.118. The number of benzene rings is 4. The van der Waals surface area contributed by atoms with Crippen molar-refractivity contribution in [2.75, 3.05) is 14.2 Å². The summed E-state index contributed by atoms with van der Waals surface area (Å²) >= 11 is 0. The van der Waals surface area contributed by atoms with Crippen LogP contribution in [-0.2, 0) is 6.61 Å². The van der Waals surface area contributed by atoms with Crippen LogP contribution in [0.25, 0.3) is 17.0 Å². The monoisotopic (exact) mass is 548 g/mol. The molecule has 0 spiro atoms. The molecule has 0 saturated heterocycles. The fourth-order valence-corrected chi connectivity index (χ4v) is 4.35. The third kappa shape index (κ3) is 6.31. The molecule has 41 heavy (non-hydrogen) atoms. The molecule has 1 aromatic heterocycles. The summed E-state index contributed by atoms with van der Waals surface area (Å²) in [6.45, 7) is 2.12. The minimum Gasteiger partial charge on any atom is -0.493 e. The summed E-state index contributed by atoms with van der Waals surface area (Å²) in [5, 5.41) is 0.602. The first kappa shape index (κ1) is 27.3. The number of hydrogen-bond acceptors (Lipinski definition) is 7. The van der Waals surface area contributed by atoms with Crippen molar-refractivity contribution >= 4 is 28.8 Å². The van der Waals surface area contributed by atoms with Gasteiger partial charge in [0.1, 0.15) is 35.0 Å². The third-order valence-electron chi connectivity index (χ3n) is 6.47. The number of fused-ring (bicyclic) bond motifs is 1. The van der Waals surface area contributed by atoms with Crippen molar-refractivity contribution in [1.29, 1.82) is 0 Å². The topological polar surface area (TPSA) is 84.2 Å². The highest BCUT2D eigenvalue weighted by atomic mass is 16.5. The highest BCUT2D eigenvalue weighted by Crippen LogP contribution is 2.31. The summed E-state index contributed by atoms with van der Waals surface area (Å²) in [4.78, 5) is 25.9. The number of ether oxygens (including phenoxy) is 4. The number of carbonyl (C=O) groups excluding carboxylic acids is 2. The van der Waals surface area contributed by atoms with E-state index in [1.54, 1.807) is 81.8 Å². The molecule has 0 atom stereocenters. The van der Waals surface area contributed by atoms with Gasteiger partial charge in [0.25, 0.3) is 0 Å². The lowest BCUT2D eigenvalue weighted by Gasteiger charge is -2.07. The van der Waals surface area contributed by atoms with Gasteiger partial charge in [0, 0.05) is 10.9 Å². The maximum Gasteiger partial charge on any atom is 0.347 e. The van der Waals surface area contributed by atoms with E-state index in [0.717, 1.165) is 11.1 Å². The first-order valence-corrected chi connectivity index (χ1v) is 12.9. The molecule has 0 aliphatic heterocycles. The van der Waals surface area contributed by atoms with Crippen molar-refractivity contribution in [2.45, 2.75) is 13.5 Å². The molecule has 5 aromatic rings. The average Bonchev–Trinajstić information content (AvgIpc) is 3.34. The molecule has 7 heteroatoms. The van der Waals surface area contributed by atoms with E-state index in [-0.39, 0.29) is 5.78 Å². The predicted octanol–water partition coefficient (Wildman–Crippen LogP) is 7.45. The number of carbonyl (C=O) groups is 2. The SMILES string of the molecule is COc1ccc(/C=C/C(=O)c2ccc(OC(=O)c3c(C)oc4ccc(OCc5ccccc5)cc34)cc2)cc1OC. The summed E-state index contributed by atoms with van der Waals surface area (Å²) in [6, 6.07) is 27.0. The van der Waals surface area contributed by atoms with Gasteiger partial charge < -0.3 is 23.4 Å². The van der Waals surface area contributed by atoms with Gasteiger partial charge in [-0.1, -0.05) is 42.5 Å². The second-order valence-electron chi connectivity index (χ2n) is 9.19. The van der Waals surface area contributed by atoms with Crippen LogP contribution in [0.1, 0.15) is 37.6 Å². The van der Waals surface area contributed by atoms with E-state index in [4.69, 9.17) is 23.4 Å². The quantitative estimate of drug-likeness (QED) is 0.0775. The van der Waals surface area contributed by atoms with Crippen molar-refractivity contribution < 1.29 is 33.0 Å². The Morgan fingerprint density at radius 2 is 1.54 bits per heavy atom. The van der Waals surface area contributed by atoms with Crippen LogP contribution in [0.3, 0.4) is 0 Å². The first-order chi connectivity index (χ1) is 19.9. The molecule has 4 aromatic carbocycles. The van der Waals surface area contributed by atoms with Crippen LogP contribution in [-0.4, -0.2) is 26.0 Å². The summed E-state index contributed by atoms with van der Waals surface area (Å²) < 4.78 is 27.9. The second-order valence-corrected chi connectivity index (χ2v) is 9.19. The van der Waals surface area contributed by atoms with E-state index in [1.165, 1.54) is 6.08 Å². The van der Waals surface area contributed by atoms with Crippen LogP contribution in [0.15, 0.2) is 101 Å². The normalized spacial score (nSPS) is 11.0. The molecule has 0 aliphatic carbocycles. The maximum atomic E-state index is 13.2. The minimum atomic E-state index is -0.561. The van der Waals surface area contributed by atoms with Crippen molar-refractivity contribution in [3.63, 3.8) is 0 Å². The van der Waals surface area contributed by atoms with E-state index in [9.17, 15) is 9.59 Å². The Morgan fingerprint density at radius 1 is 0.805 bits per heavy atom. The van der Waals surface area contributed by atoms with Gasteiger partial charge in [-0.25, -0.2) is 4.79 Å². The Morgan fingerprint density at radius 3 is 2.27 bits per heavy atom. The number of esters is 1. The number of allylic oxidation sites excluding steroid dienone is 1. The van der Waals surface area contributed by atoms with Crippen LogP contribution in [0.2, 0.25) is 0 Å². The summed E-state index contributed by atoms with van der Waals surface area (Å²) in [6.07, 6.45) is 3.17. The Hall–Kier alpha value is -5.30. The molecule has 0 amide bonds. The van der Waals surface area contributed by atoms with Crippen molar-refractivity contribution in [3.05, 3.63) is 125 Å².